The van der Waals surface area contributed by atoms with E-state index in [1.54, 1.807) is 12.1 Å². The van der Waals surface area contributed by atoms with Crippen LogP contribution in [0.2, 0.25) is 0 Å². The van der Waals surface area contributed by atoms with E-state index in [1.165, 1.54) is 4.31 Å². The second-order valence-corrected chi connectivity index (χ2v) is 6.27. The highest BCUT2D eigenvalue weighted by Crippen LogP contribution is 2.23. The first kappa shape index (κ1) is 10.3. The summed E-state index contributed by atoms with van der Waals surface area (Å²) in [5.74, 6) is 0.190. The maximum atomic E-state index is 12.3. The highest BCUT2D eigenvalue weighted by molar-refractivity contribution is 7.89. The van der Waals surface area contributed by atoms with Crippen LogP contribution in [0.4, 0.5) is 0 Å². The molecule has 3 nitrogen and oxygen atoms in total. The van der Waals surface area contributed by atoms with Crippen LogP contribution in [-0.4, -0.2) is 25.8 Å². The van der Waals surface area contributed by atoms with Crippen molar-refractivity contribution >= 4 is 10.0 Å². The zero-order valence-corrected chi connectivity index (χ0v) is 10.2. The molecule has 16 heavy (non-hydrogen) atoms. The lowest BCUT2D eigenvalue weighted by Gasteiger charge is -2.15. The quantitative estimate of drug-likeness (QED) is 0.793. The molecule has 0 aromatic heterocycles. The minimum Gasteiger partial charge on any atom is -0.207 e. The number of hydrogen-bond donors (Lipinski definition) is 0. The van der Waals surface area contributed by atoms with Crippen molar-refractivity contribution < 1.29 is 9.79 Å². The molecule has 1 fully saturated rings. The van der Waals surface area contributed by atoms with E-state index in [1.807, 2.05) is 19.1 Å². The number of nitrogens with zero attached hydrogens (tertiary/aromatic N) is 1. The van der Waals surface area contributed by atoms with Gasteiger partial charge < -0.3 is 0 Å². The third kappa shape index (κ3) is 2.13. The van der Waals surface area contributed by atoms with Crippen molar-refractivity contribution in [1.29, 1.82) is 0 Å². The Hall–Kier alpha value is -0.870. The van der Waals surface area contributed by atoms with Gasteiger partial charge in [0.25, 0.3) is 0 Å². The van der Waals surface area contributed by atoms with Crippen LogP contribution in [0.5, 0.6) is 0 Å². The van der Waals surface area contributed by atoms with E-state index in [9.17, 15) is 8.42 Å². The molecule has 1 aromatic carbocycles. The van der Waals surface area contributed by atoms with Gasteiger partial charge in [-0.05, 0) is 31.4 Å². The maximum absolute atomic E-state index is 12.3. The topological polar surface area (TPSA) is 37.4 Å². The Morgan fingerprint density at radius 3 is 2.62 bits per heavy atom. The number of aryl methyl sites for hydroxylation is 1. The van der Waals surface area contributed by atoms with Crippen molar-refractivity contribution in [2.75, 3.05) is 13.1 Å². The van der Waals surface area contributed by atoms with Crippen molar-refractivity contribution in [2.24, 2.45) is 5.92 Å². The summed E-state index contributed by atoms with van der Waals surface area (Å²) in [5, 5.41) is 0. The Morgan fingerprint density at radius 1 is 1.38 bits per heavy atom. The highest BCUT2D eigenvalue weighted by atomic mass is 32.2. The van der Waals surface area contributed by atoms with E-state index in [-0.39, 0.29) is 5.92 Å². The van der Waals surface area contributed by atoms with Crippen LogP contribution in [0, 0.1) is 12.8 Å². The third-order valence-electron chi connectivity index (χ3n) is 2.91. The van der Waals surface area contributed by atoms with Gasteiger partial charge in [0.2, 0.25) is 10.0 Å². The molecule has 0 aliphatic carbocycles. The zero-order valence-electron chi connectivity index (χ0n) is 10.4. The molecule has 0 amide bonds. The van der Waals surface area contributed by atoms with Gasteiger partial charge in [-0.2, -0.15) is 4.31 Å². The summed E-state index contributed by atoms with van der Waals surface area (Å²) in [6, 6.07) is 6.92. The predicted octanol–water partition coefficient (Wildman–Crippen LogP) is 2.03. The first-order chi connectivity index (χ1) is 8.04. The number of rotatable bonds is 2. The van der Waals surface area contributed by atoms with Crippen LogP contribution < -0.4 is 0 Å². The van der Waals surface area contributed by atoms with Gasteiger partial charge in [-0.25, -0.2) is 8.42 Å². The summed E-state index contributed by atoms with van der Waals surface area (Å²) in [4.78, 5) is 0.355. The summed E-state index contributed by atoms with van der Waals surface area (Å²) in [7, 11) is -3.35. The van der Waals surface area contributed by atoms with Crippen LogP contribution >= 0.6 is 0 Å². The molecule has 2 rings (SSSR count). The first-order valence-corrected chi connectivity index (χ1v) is 6.84. The van der Waals surface area contributed by atoms with Crippen molar-refractivity contribution in [1.82, 2.24) is 4.31 Å². The van der Waals surface area contributed by atoms with Crippen molar-refractivity contribution in [3.05, 3.63) is 29.8 Å². The fraction of sp³-hybridized carbons (Fsp3) is 0.500. The van der Waals surface area contributed by atoms with Gasteiger partial charge in [0.1, 0.15) is 0 Å². The summed E-state index contributed by atoms with van der Waals surface area (Å²) in [6.45, 7) is 3.27. The molecular formula is C12H17NO2S. The second kappa shape index (κ2) is 4.18. The Kier molecular flexibility index (Phi) is 2.69. The Morgan fingerprint density at radius 2 is 2.06 bits per heavy atom. The standard InChI is InChI=1S/C12H17NO2S/c1-10-3-5-12(6-4-10)16(14,15)13-8-7-11(2)9-13/h3-6,11H,7-9H2,1-2H3/i2D. The van der Waals surface area contributed by atoms with E-state index in [0.717, 1.165) is 12.0 Å². The lowest BCUT2D eigenvalue weighted by molar-refractivity contribution is 0.464. The fourth-order valence-corrected chi connectivity index (χ4v) is 3.41. The van der Waals surface area contributed by atoms with E-state index in [2.05, 4.69) is 0 Å². The lowest BCUT2D eigenvalue weighted by atomic mass is 10.2. The minimum atomic E-state index is -3.35. The van der Waals surface area contributed by atoms with Crippen LogP contribution in [0.1, 0.15) is 20.3 Å². The van der Waals surface area contributed by atoms with Crippen LogP contribution in [0.3, 0.4) is 0 Å². The van der Waals surface area contributed by atoms with Gasteiger partial charge in [0, 0.05) is 14.5 Å². The van der Waals surface area contributed by atoms with Gasteiger partial charge in [-0.15, -0.1) is 0 Å². The van der Waals surface area contributed by atoms with Crippen LogP contribution in [0.25, 0.3) is 0 Å². The van der Waals surface area contributed by atoms with Crippen molar-refractivity contribution in [2.45, 2.75) is 25.1 Å². The molecule has 1 aromatic rings. The van der Waals surface area contributed by atoms with Crippen molar-refractivity contribution in [3.63, 3.8) is 0 Å². The average molecular weight is 240 g/mol. The molecule has 1 saturated heterocycles. The molecule has 4 heteroatoms. The Balaban J connectivity index is 2.22. The van der Waals surface area contributed by atoms with E-state index in [4.69, 9.17) is 1.37 Å². The smallest absolute Gasteiger partial charge is 0.207 e. The first-order valence-electron chi connectivity index (χ1n) is 6.11. The molecule has 1 unspecified atom stereocenters. The molecule has 0 radical (unpaired) electrons. The molecule has 0 bridgehead atoms. The third-order valence-corrected chi connectivity index (χ3v) is 4.79. The van der Waals surface area contributed by atoms with Crippen LogP contribution in [-0.2, 0) is 10.0 Å². The Labute approximate surface area is 98.5 Å². The zero-order chi connectivity index (χ0) is 12.5. The van der Waals surface area contributed by atoms with Crippen molar-refractivity contribution in [3.8, 4) is 0 Å². The van der Waals surface area contributed by atoms with Gasteiger partial charge in [0.05, 0.1) is 4.90 Å². The molecule has 1 heterocycles. The lowest BCUT2D eigenvalue weighted by Crippen LogP contribution is -2.28. The number of hydrogen-bond acceptors (Lipinski definition) is 2. The molecule has 1 atom stereocenters. The summed E-state index contributed by atoms with van der Waals surface area (Å²) in [6.07, 6.45) is 0.800. The molecule has 0 N–H and O–H groups in total. The minimum absolute atomic E-state index is 0.190. The molecule has 0 spiro atoms. The molecule has 88 valence electrons. The second-order valence-electron chi connectivity index (χ2n) is 4.33. The van der Waals surface area contributed by atoms with Gasteiger partial charge >= 0.3 is 0 Å². The van der Waals surface area contributed by atoms with Crippen LogP contribution in [0.15, 0.2) is 29.2 Å². The molecule has 1 aliphatic heterocycles. The Bertz CT molecular complexity index is 484. The van der Waals surface area contributed by atoms with E-state index in [0.29, 0.717) is 24.9 Å². The summed E-state index contributed by atoms with van der Waals surface area (Å²) < 4.78 is 33.3. The predicted molar refractivity (Wildman–Crippen MR) is 63.7 cm³/mol. The van der Waals surface area contributed by atoms with Gasteiger partial charge in [0.15, 0.2) is 0 Å². The van der Waals surface area contributed by atoms with Gasteiger partial charge in [-0.3, -0.25) is 0 Å². The SMILES string of the molecule is [2H]CC1CCN(S(=O)(=O)c2ccc(C)cc2)C1. The molecule has 1 aliphatic rings. The molecular weight excluding hydrogens is 222 g/mol. The summed E-state index contributed by atoms with van der Waals surface area (Å²) in [5.41, 5.74) is 1.05. The molecule has 0 saturated carbocycles. The van der Waals surface area contributed by atoms with E-state index < -0.39 is 10.0 Å². The number of benzene rings is 1. The fourth-order valence-electron chi connectivity index (χ4n) is 1.87. The summed E-state index contributed by atoms with van der Waals surface area (Å²) >= 11 is 0. The normalized spacial score (nSPS) is 23.3. The largest absolute Gasteiger partial charge is 0.243 e. The van der Waals surface area contributed by atoms with Gasteiger partial charge in [-0.1, -0.05) is 24.6 Å². The monoisotopic (exact) mass is 240 g/mol. The average Bonchev–Trinajstić information content (AvgIpc) is 2.78. The highest BCUT2D eigenvalue weighted by Gasteiger charge is 2.30. The maximum Gasteiger partial charge on any atom is 0.243 e. The van der Waals surface area contributed by atoms with E-state index >= 15 is 0 Å². The number of sulfonamides is 1.